The van der Waals surface area contributed by atoms with Crippen molar-refractivity contribution in [1.82, 2.24) is 5.32 Å². The van der Waals surface area contributed by atoms with Crippen LogP contribution in [0.25, 0.3) is 0 Å². The molecule has 0 saturated heterocycles. The van der Waals surface area contributed by atoms with Gasteiger partial charge in [0.05, 0.1) is 5.60 Å². The number of phenols is 1. The predicted octanol–water partition coefficient (Wildman–Crippen LogP) is 4.14. The van der Waals surface area contributed by atoms with Crippen LogP contribution < -0.4 is 5.32 Å². The smallest absolute Gasteiger partial charge is 0.120 e. The molecule has 1 aromatic rings. The summed E-state index contributed by atoms with van der Waals surface area (Å²) in [6.45, 7) is 4.88. The molecule has 118 valence electrons. The summed E-state index contributed by atoms with van der Waals surface area (Å²) in [5, 5.41) is 24.2. The number of hydrogen-bond acceptors (Lipinski definition) is 3. The van der Waals surface area contributed by atoms with Gasteiger partial charge in [-0.3, -0.25) is 0 Å². The van der Waals surface area contributed by atoms with Gasteiger partial charge in [0.1, 0.15) is 5.75 Å². The number of phenolic OH excluding ortho intramolecular Hbond substituents is 1. The first-order valence-electron chi connectivity index (χ1n) is 7.87. The molecule has 0 amide bonds. The molecule has 1 saturated carbocycles. The van der Waals surface area contributed by atoms with E-state index < -0.39 is 5.60 Å². The van der Waals surface area contributed by atoms with E-state index in [0.717, 1.165) is 35.7 Å². The van der Waals surface area contributed by atoms with Crippen molar-refractivity contribution in [3.63, 3.8) is 0 Å². The van der Waals surface area contributed by atoms with E-state index >= 15 is 0 Å². The Morgan fingerprint density at radius 1 is 1.48 bits per heavy atom. The average Bonchev–Trinajstić information content (AvgIpc) is 2.43. The van der Waals surface area contributed by atoms with Crippen LogP contribution in [0.2, 0.25) is 0 Å². The molecule has 0 bridgehead atoms. The van der Waals surface area contributed by atoms with Crippen LogP contribution in [-0.4, -0.2) is 22.4 Å². The van der Waals surface area contributed by atoms with Gasteiger partial charge in [-0.05, 0) is 43.4 Å². The van der Waals surface area contributed by atoms with Gasteiger partial charge in [-0.15, -0.1) is 0 Å². The molecule has 4 heteroatoms. The Balaban J connectivity index is 2.04. The molecular weight excluding hydrogens is 330 g/mol. The second-order valence-corrected chi connectivity index (χ2v) is 7.39. The van der Waals surface area contributed by atoms with Gasteiger partial charge >= 0.3 is 0 Å². The zero-order valence-electron chi connectivity index (χ0n) is 12.9. The van der Waals surface area contributed by atoms with E-state index in [2.05, 4.69) is 35.1 Å². The van der Waals surface area contributed by atoms with Crippen molar-refractivity contribution >= 4 is 15.9 Å². The highest BCUT2D eigenvalue weighted by Gasteiger charge is 2.33. The molecule has 0 spiro atoms. The lowest BCUT2D eigenvalue weighted by atomic mass is 9.78. The quantitative estimate of drug-likeness (QED) is 0.743. The van der Waals surface area contributed by atoms with Gasteiger partial charge in [0.15, 0.2) is 0 Å². The van der Waals surface area contributed by atoms with E-state index in [1.165, 1.54) is 6.42 Å². The average molecular weight is 356 g/mol. The third-order valence-electron chi connectivity index (χ3n) is 4.52. The maximum absolute atomic E-state index is 10.7. The topological polar surface area (TPSA) is 52.5 Å². The van der Waals surface area contributed by atoms with Crippen LogP contribution in [0.1, 0.15) is 57.6 Å². The molecule has 3 atom stereocenters. The molecule has 0 radical (unpaired) electrons. The van der Waals surface area contributed by atoms with Crippen molar-refractivity contribution < 1.29 is 10.2 Å². The first-order valence-corrected chi connectivity index (χ1v) is 8.67. The Labute approximate surface area is 135 Å². The number of aliphatic hydroxyl groups is 1. The molecule has 21 heavy (non-hydrogen) atoms. The molecule has 3 nitrogen and oxygen atoms in total. The molecule has 1 aliphatic carbocycles. The molecule has 0 aliphatic heterocycles. The van der Waals surface area contributed by atoms with Crippen LogP contribution >= 0.6 is 15.9 Å². The largest absolute Gasteiger partial charge is 0.508 e. The minimum absolute atomic E-state index is 0.0590. The molecule has 3 N–H and O–H groups in total. The molecule has 0 heterocycles. The molecular formula is C17H26BrNO2. The maximum Gasteiger partial charge on any atom is 0.120 e. The standard InChI is InChI=1S/C17H26BrNO2/c1-3-15(14-9-13(18)6-7-16(14)20)19-11-17(21)8-4-5-12(2)10-17/h6-7,9,12,15,19-21H,3-5,8,10-11H2,1-2H3. The molecule has 1 aliphatic rings. The van der Waals surface area contributed by atoms with Crippen LogP contribution in [0.15, 0.2) is 22.7 Å². The van der Waals surface area contributed by atoms with Crippen LogP contribution in [0.5, 0.6) is 5.75 Å². The van der Waals surface area contributed by atoms with E-state index in [0.29, 0.717) is 18.2 Å². The van der Waals surface area contributed by atoms with Gasteiger partial charge in [-0.1, -0.05) is 42.6 Å². The fraction of sp³-hybridized carbons (Fsp3) is 0.647. The van der Waals surface area contributed by atoms with Crippen LogP contribution in [0.3, 0.4) is 0 Å². The summed E-state index contributed by atoms with van der Waals surface area (Å²) in [7, 11) is 0. The van der Waals surface area contributed by atoms with Crippen molar-refractivity contribution in [3.05, 3.63) is 28.2 Å². The number of aromatic hydroxyl groups is 1. The van der Waals surface area contributed by atoms with E-state index in [9.17, 15) is 10.2 Å². The first-order chi connectivity index (χ1) is 9.93. The minimum atomic E-state index is -0.604. The molecule has 1 fully saturated rings. The zero-order valence-corrected chi connectivity index (χ0v) is 14.5. The maximum atomic E-state index is 10.7. The van der Waals surface area contributed by atoms with Gasteiger partial charge < -0.3 is 15.5 Å². The van der Waals surface area contributed by atoms with Gasteiger partial charge in [0.25, 0.3) is 0 Å². The Bertz CT molecular complexity index is 480. The predicted molar refractivity (Wildman–Crippen MR) is 89.4 cm³/mol. The van der Waals surface area contributed by atoms with Crippen LogP contribution in [0, 0.1) is 5.92 Å². The van der Waals surface area contributed by atoms with E-state index in [-0.39, 0.29) is 6.04 Å². The normalized spacial score (nSPS) is 27.5. The number of hydrogen-bond donors (Lipinski definition) is 3. The summed E-state index contributed by atoms with van der Waals surface area (Å²) in [6.07, 6.45) is 4.91. The van der Waals surface area contributed by atoms with Crippen molar-refractivity contribution in [1.29, 1.82) is 0 Å². The second kappa shape index (κ2) is 7.12. The fourth-order valence-corrected chi connectivity index (χ4v) is 3.76. The lowest BCUT2D eigenvalue weighted by Crippen LogP contribution is -2.45. The number of rotatable bonds is 5. The highest BCUT2D eigenvalue weighted by molar-refractivity contribution is 9.10. The lowest BCUT2D eigenvalue weighted by molar-refractivity contribution is -0.0139. The van der Waals surface area contributed by atoms with Crippen LogP contribution in [0.4, 0.5) is 0 Å². The second-order valence-electron chi connectivity index (χ2n) is 6.47. The van der Waals surface area contributed by atoms with Crippen molar-refractivity contribution in [2.75, 3.05) is 6.54 Å². The number of benzene rings is 1. The molecule has 1 aromatic carbocycles. The zero-order chi connectivity index (χ0) is 15.5. The summed E-state index contributed by atoms with van der Waals surface area (Å²) in [6, 6.07) is 5.55. The lowest BCUT2D eigenvalue weighted by Gasteiger charge is -2.37. The fourth-order valence-electron chi connectivity index (χ4n) is 3.38. The Hall–Kier alpha value is -0.580. The van der Waals surface area contributed by atoms with E-state index in [4.69, 9.17) is 0 Å². The molecule has 0 aromatic heterocycles. The summed E-state index contributed by atoms with van der Waals surface area (Å²) >= 11 is 3.45. The van der Waals surface area contributed by atoms with Gasteiger partial charge in [-0.25, -0.2) is 0 Å². The van der Waals surface area contributed by atoms with Crippen molar-refractivity contribution in [3.8, 4) is 5.75 Å². The van der Waals surface area contributed by atoms with Crippen LogP contribution in [-0.2, 0) is 0 Å². The number of nitrogens with one attached hydrogen (secondary N) is 1. The third kappa shape index (κ3) is 4.44. The van der Waals surface area contributed by atoms with Crippen molar-refractivity contribution in [2.45, 2.75) is 57.6 Å². The Morgan fingerprint density at radius 2 is 2.24 bits per heavy atom. The summed E-state index contributed by atoms with van der Waals surface area (Å²) < 4.78 is 0.959. The van der Waals surface area contributed by atoms with E-state index in [1.807, 2.05) is 12.1 Å². The van der Waals surface area contributed by atoms with Gasteiger partial charge in [0, 0.05) is 22.6 Å². The monoisotopic (exact) mass is 355 g/mol. The summed E-state index contributed by atoms with van der Waals surface area (Å²) in [5.74, 6) is 0.895. The highest BCUT2D eigenvalue weighted by atomic mass is 79.9. The molecule has 3 unspecified atom stereocenters. The Kier molecular flexibility index (Phi) is 5.69. The highest BCUT2D eigenvalue weighted by Crippen LogP contribution is 2.34. The SMILES string of the molecule is CCC(NCC1(O)CCCC(C)C1)c1cc(Br)ccc1O. The summed E-state index contributed by atoms with van der Waals surface area (Å²) in [5.41, 5.74) is 0.284. The van der Waals surface area contributed by atoms with Gasteiger partial charge in [0.2, 0.25) is 0 Å². The van der Waals surface area contributed by atoms with Gasteiger partial charge in [-0.2, -0.15) is 0 Å². The minimum Gasteiger partial charge on any atom is -0.508 e. The Morgan fingerprint density at radius 3 is 2.90 bits per heavy atom. The molecule has 2 rings (SSSR count). The van der Waals surface area contributed by atoms with Crippen molar-refractivity contribution in [2.24, 2.45) is 5.92 Å². The van der Waals surface area contributed by atoms with E-state index in [1.54, 1.807) is 6.07 Å². The third-order valence-corrected chi connectivity index (χ3v) is 5.01. The summed E-state index contributed by atoms with van der Waals surface area (Å²) in [4.78, 5) is 0. The first kappa shape index (κ1) is 16.8. The number of halogens is 1.